The minimum atomic E-state index is 0.708. The molecule has 0 saturated heterocycles. The van der Waals surface area contributed by atoms with Gasteiger partial charge in [0, 0.05) is 16.4 Å². The van der Waals surface area contributed by atoms with Crippen molar-refractivity contribution in [2.75, 3.05) is 29.6 Å². The number of halogens is 1. The smallest absolute Gasteiger partial charge is 0.0743 e. The van der Waals surface area contributed by atoms with Crippen molar-refractivity contribution in [1.29, 1.82) is 0 Å². The number of nitrogens with zero attached hydrogens (tertiary/aromatic N) is 1. The number of rotatable bonds is 7. The molecule has 108 valence electrons. The molecule has 0 saturated carbocycles. The summed E-state index contributed by atoms with van der Waals surface area (Å²) in [6, 6.07) is 6.06. The van der Waals surface area contributed by atoms with E-state index in [-0.39, 0.29) is 0 Å². The Balaban J connectivity index is 2.05. The molecule has 3 N–H and O–H groups in total. The molecule has 0 atom stereocenters. The molecule has 0 amide bonds. The highest BCUT2D eigenvalue weighted by atomic mass is 79.9. The number of nitrogens with one attached hydrogen (secondary N) is 1. The molecule has 0 aliphatic carbocycles. The first-order valence-electron chi connectivity index (χ1n) is 6.79. The zero-order valence-corrected chi connectivity index (χ0v) is 14.1. The third kappa shape index (κ3) is 4.03. The van der Waals surface area contributed by atoms with Crippen LogP contribution in [0, 0.1) is 0 Å². The molecule has 0 aliphatic rings. The van der Waals surface area contributed by atoms with Crippen LogP contribution in [-0.4, -0.2) is 23.5 Å². The summed E-state index contributed by atoms with van der Waals surface area (Å²) < 4.78 is 1.04. The Morgan fingerprint density at radius 1 is 1.30 bits per heavy atom. The van der Waals surface area contributed by atoms with Crippen LogP contribution in [0.4, 0.5) is 11.4 Å². The third-order valence-electron chi connectivity index (χ3n) is 3.19. The van der Waals surface area contributed by atoms with E-state index in [9.17, 15) is 0 Å². The fourth-order valence-electron chi connectivity index (χ4n) is 2.14. The number of hydrogen-bond acceptors (Lipinski definition) is 4. The lowest BCUT2D eigenvalue weighted by Crippen LogP contribution is -2.05. The first kappa shape index (κ1) is 15.4. The van der Waals surface area contributed by atoms with E-state index in [0.29, 0.717) is 5.69 Å². The van der Waals surface area contributed by atoms with E-state index in [1.165, 1.54) is 18.6 Å². The molecule has 1 aromatic heterocycles. The number of nitrogen functional groups attached to an aromatic ring is 1. The summed E-state index contributed by atoms with van der Waals surface area (Å²) in [5.74, 6) is 1.24. The van der Waals surface area contributed by atoms with Crippen LogP contribution < -0.4 is 11.1 Å². The van der Waals surface area contributed by atoms with Gasteiger partial charge < -0.3 is 11.1 Å². The van der Waals surface area contributed by atoms with E-state index < -0.39 is 0 Å². The van der Waals surface area contributed by atoms with E-state index in [1.807, 2.05) is 23.9 Å². The van der Waals surface area contributed by atoms with Crippen LogP contribution in [0.2, 0.25) is 0 Å². The Kier molecular flexibility index (Phi) is 5.98. The lowest BCUT2D eigenvalue weighted by molar-refractivity contribution is 0.750. The zero-order chi connectivity index (χ0) is 14.4. The van der Waals surface area contributed by atoms with Gasteiger partial charge in [-0.2, -0.15) is 11.8 Å². The quantitative estimate of drug-likeness (QED) is 0.718. The van der Waals surface area contributed by atoms with Crippen LogP contribution in [0.15, 0.2) is 28.9 Å². The van der Waals surface area contributed by atoms with Crippen molar-refractivity contribution >= 4 is 50.0 Å². The highest BCUT2D eigenvalue weighted by molar-refractivity contribution is 9.10. The second kappa shape index (κ2) is 7.74. The van der Waals surface area contributed by atoms with Crippen LogP contribution in [0.1, 0.15) is 19.3 Å². The Bertz CT molecular complexity index is 569. The Labute approximate surface area is 132 Å². The highest BCUT2D eigenvalue weighted by Crippen LogP contribution is 2.30. The predicted molar refractivity (Wildman–Crippen MR) is 94.6 cm³/mol. The highest BCUT2D eigenvalue weighted by Gasteiger charge is 2.06. The third-order valence-corrected chi connectivity index (χ3v) is 4.38. The van der Waals surface area contributed by atoms with Crippen LogP contribution in [0.5, 0.6) is 0 Å². The molecule has 1 heterocycles. The molecule has 0 aliphatic heterocycles. The maximum absolute atomic E-state index is 6.06. The van der Waals surface area contributed by atoms with E-state index in [4.69, 9.17) is 5.73 Å². The monoisotopic (exact) mass is 353 g/mol. The maximum atomic E-state index is 6.06. The number of hydrogen-bond donors (Lipinski definition) is 2. The van der Waals surface area contributed by atoms with Gasteiger partial charge in [-0.15, -0.1) is 0 Å². The summed E-state index contributed by atoms with van der Waals surface area (Å²) in [6.45, 7) is 0.949. The number of fused-ring (bicyclic) bond motifs is 1. The minimum absolute atomic E-state index is 0.708. The number of thioether (sulfide) groups is 1. The number of pyridine rings is 1. The van der Waals surface area contributed by atoms with E-state index in [1.54, 1.807) is 6.20 Å². The fraction of sp³-hybridized carbons (Fsp3) is 0.400. The molecule has 0 bridgehead atoms. The standard InChI is InChI=1S/C15H20BrN3S/c1-20-8-4-2-3-7-18-15-12-9-11(16)5-6-14(12)19-10-13(15)17/h5-6,9-10H,2-4,7-8,17H2,1H3,(H,18,19). The molecule has 20 heavy (non-hydrogen) atoms. The van der Waals surface area contributed by atoms with Gasteiger partial charge in [0.15, 0.2) is 0 Å². The summed E-state index contributed by atoms with van der Waals surface area (Å²) in [5, 5.41) is 4.54. The van der Waals surface area contributed by atoms with Gasteiger partial charge in [-0.05, 0) is 43.0 Å². The number of anilines is 2. The van der Waals surface area contributed by atoms with E-state index in [2.05, 4.69) is 38.6 Å². The van der Waals surface area contributed by atoms with Crippen molar-refractivity contribution in [1.82, 2.24) is 4.98 Å². The van der Waals surface area contributed by atoms with Gasteiger partial charge in [-0.3, -0.25) is 4.98 Å². The summed E-state index contributed by atoms with van der Waals surface area (Å²) in [5.41, 5.74) is 8.73. The van der Waals surface area contributed by atoms with Crippen LogP contribution in [0.25, 0.3) is 10.9 Å². The predicted octanol–water partition coefficient (Wildman–Crippen LogP) is 4.52. The molecule has 0 radical (unpaired) electrons. The van der Waals surface area contributed by atoms with Gasteiger partial charge in [0.25, 0.3) is 0 Å². The molecule has 3 nitrogen and oxygen atoms in total. The van der Waals surface area contributed by atoms with Gasteiger partial charge in [0.1, 0.15) is 0 Å². The minimum Gasteiger partial charge on any atom is -0.396 e. The van der Waals surface area contributed by atoms with Crippen molar-refractivity contribution in [3.63, 3.8) is 0 Å². The maximum Gasteiger partial charge on any atom is 0.0743 e. The average Bonchev–Trinajstić information content (AvgIpc) is 2.44. The molecular formula is C15H20BrN3S. The van der Waals surface area contributed by atoms with Crippen molar-refractivity contribution in [2.45, 2.75) is 19.3 Å². The molecular weight excluding hydrogens is 334 g/mol. The summed E-state index contributed by atoms with van der Waals surface area (Å²) in [4.78, 5) is 4.36. The second-order valence-electron chi connectivity index (χ2n) is 4.73. The molecule has 0 fully saturated rings. The van der Waals surface area contributed by atoms with Crippen molar-refractivity contribution in [3.8, 4) is 0 Å². The first-order chi connectivity index (χ1) is 9.72. The summed E-state index contributed by atoms with van der Waals surface area (Å²) in [6.07, 6.45) is 7.57. The second-order valence-corrected chi connectivity index (χ2v) is 6.63. The van der Waals surface area contributed by atoms with Crippen molar-refractivity contribution in [3.05, 3.63) is 28.9 Å². The molecule has 1 aromatic carbocycles. The van der Waals surface area contributed by atoms with Crippen molar-refractivity contribution in [2.24, 2.45) is 0 Å². The molecule has 0 spiro atoms. The van der Waals surface area contributed by atoms with Gasteiger partial charge in [0.05, 0.1) is 23.1 Å². The fourth-order valence-corrected chi connectivity index (χ4v) is 2.99. The molecule has 2 rings (SSSR count). The first-order valence-corrected chi connectivity index (χ1v) is 8.97. The molecule has 5 heteroatoms. The Morgan fingerprint density at radius 2 is 2.15 bits per heavy atom. The van der Waals surface area contributed by atoms with Crippen LogP contribution >= 0.6 is 27.7 Å². The van der Waals surface area contributed by atoms with Gasteiger partial charge in [0.2, 0.25) is 0 Å². The molecule has 0 unspecified atom stereocenters. The topological polar surface area (TPSA) is 50.9 Å². The van der Waals surface area contributed by atoms with Gasteiger partial charge in [-0.25, -0.2) is 0 Å². The summed E-state index contributed by atoms with van der Waals surface area (Å²) >= 11 is 5.41. The Hall–Kier alpha value is -0.940. The van der Waals surface area contributed by atoms with Crippen molar-refractivity contribution < 1.29 is 0 Å². The van der Waals surface area contributed by atoms with E-state index >= 15 is 0 Å². The van der Waals surface area contributed by atoms with Crippen LogP contribution in [-0.2, 0) is 0 Å². The Morgan fingerprint density at radius 3 is 2.95 bits per heavy atom. The lowest BCUT2D eigenvalue weighted by atomic mass is 10.1. The SMILES string of the molecule is CSCCCCCNc1c(N)cnc2ccc(Br)cc12. The lowest BCUT2D eigenvalue weighted by Gasteiger charge is -2.12. The van der Waals surface area contributed by atoms with Gasteiger partial charge >= 0.3 is 0 Å². The van der Waals surface area contributed by atoms with Crippen LogP contribution in [0.3, 0.4) is 0 Å². The summed E-state index contributed by atoms with van der Waals surface area (Å²) in [7, 11) is 0. The normalized spacial score (nSPS) is 10.9. The molecule has 2 aromatic rings. The average molecular weight is 354 g/mol. The number of aromatic nitrogens is 1. The van der Waals surface area contributed by atoms with Gasteiger partial charge in [-0.1, -0.05) is 22.4 Å². The zero-order valence-electron chi connectivity index (χ0n) is 11.7. The number of benzene rings is 1. The largest absolute Gasteiger partial charge is 0.396 e. The number of unbranched alkanes of at least 4 members (excludes halogenated alkanes) is 2. The number of nitrogens with two attached hydrogens (primary N) is 1. The van der Waals surface area contributed by atoms with E-state index in [0.717, 1.165) is 34.0 Å².